The molecule has 6 heteroatoms. The minimum atomic E-state index is -0.764. The Kier molecular flexibility index (Phi) is 48.8. The van der Waals surface area contributed by atoms with E-state index in [0.29, 0.717) is 19.3 Å². The zero-order valence-corrected chi connectivity index (χ0v) is 40.9. The first kappa shape index (κ1) is 58.9. The maximum atomic E-state index is 12.7. The smallest absolute Gasteiger partial charge is 0.306 e. The van der Waals surface area contributed by atoms with Crippen LogP contribution in [0.15, 0.2) is 24.3 Å². The molecular weight excluding hydrogens is 757 g/mol. The van der Waals surface area contributed by atoms with Crippen LogP contribution in [0.3, 0.4) is 0 Å². The SMILES string of the molecule is CCCCCCC/C=C\C/C=C\CCCCCCCCCCCCCC(=O)OCC(COC(=O)CCCCCCCCCCC)OC(=O)CCCCCCCCCCCCC. The summed E-state index contributed by atoms with van der Waals surface area (Å²) in [6.07, 6.45) is 57.5. The maximum Gasteiger partial charge on any atom is 0.306 e. The first-order valence-electron chi connectivity index (χ1n) is 26.8. The number of rotatable bonds is 49. The van der Waals surface area contributed by atoms with Gasteiger partial charge in [-0.2, -0.15) is 0 Å². The lowest BCUT2D eigenvalue weighted by atomic mass is 10.0. The zero-order chi connectivity index (χ0) is 44.4. The molecule has 0 heterocycles. The van der Waals surface area contributed by atoms with Gasteiger partial charge >= 0.3 is 17.9 Å². The molecule has 0 radical (unpaired) electrons. The number of allylic oxidation sites excluding steroid dienone is 4. The van der Waals surface area contributed by atoms with E-state index in [9.17, 15) is 14.4 Å². The van der Waals surface area contributed by atoms with Crippen molar-refractivity contribution >= 4 is 17.9 Å². The van der Waals surface area contributed by atoms with E-state index in [2.05, 4.69) is 45.1 Å². The quantitative estimate of drug-likeness (QED) is 0.0262. The van der Waals surface area contributed by atoms with Gasteiger partial charge in [0.25, 0.3) is 0 Å². The number of esters is 3. The van der Waals surface area contributed by atoms with Crippen molar-refractivity contribution in [2.24, 2.45) is 0 Å². The Bertz CT molecular complexity index is 989. The number of ether oxygens (including phenoxy) is 3. The summed E-state index contributed by atoms with van der Waals surface area (Å²) in [4.78, 5) is 37.8. The molecule has 0 saturated heterocycles. The predicted molar refractivity (Wildman–Crippen MR) is 261 cm³/mol. The second-order valence-corrected chi connectivity index (χ2v) is 18.2. The van der Waals surface area contributed by atoms with E-state index in [0.717, 1.165) is 64.2 Å². The van der Waals surface area contributed by atoms with E-state index in [1.54, 1.807) is 0 Å². The third-order valence-electron chi connectivity index (χ3n) is 12.0. The van der Waals surface area contributed by atoms with Gasteiger partial charge in [-0.25, -0.2) is 0 Å². The molecule has 1 atom stereocenters. The summed E-state index contributed by atoms with van der Waals surface area (Å²) in [7, 11) is 0. The van der Waals surface area contributed by atoms with Crippen LogP contribution in [0.1, 0.15) is 290 Å². The summed E-state index contributed by atoms with van der Waals surface area (Å²) in [5.74, 6) is -0.859. The zero-order valence-electron chi connectivity index (χ0n) is 40.9. The lowest BCUT2D eigenvalue weighted by molar-refractivity contribution is -0.167. The molecule has 0 aliphatic heterocycles. The van der Waals surface area contributed by atoms with Crippen LogP contribution in [0.5, 0.6) is 0 Å². The molecule has 0 N–H and O–H groups in total. The molecule has 0 aliphatic rings. The number of unbranched alkanes of at least 4 members (excludes halogenated alkanes) is 34. The average Bonchev–Trinajstić information content (AvgIpc) is 3.26. The summed E-state index contributed by atoms with van der Waals surface area (Å²) >= 11 is 0. The molecule has 0 fully saturated rings. The van der Waals surface area contributed by atoms with Crippen LogP contribution in [-0.4, -0.2) is 37.2 Å². The second-order valence-electron chi connectivity index (χ2n) is 18.2. The summed E-state index contributed by atoms with van der Waals surface area (Å²) in [6.45, 7) is 6.63. The molecule has 0 aliphatic carbocycles. The average molecular weight is 859 g/mol. The van der Waals surface area contributed by atoms with Crippen LogP contribution in [0.4, 0.5) is 0 Å². The minimum Gasteiger partial charge on any atom is -0.462 e. The molecule has 6 nitrogen and oxygen atoms in total. The third kappa shape index (κ3) is 48.8. The molecular formula is C55H102O6. The highest BCUT2D eigenvalue weighted by Gasteiger charge is 2.19. The fraction of sp³-hybridized carbons (Fsp3) is 0.873. The summed E-state index contributed by atoms with van der Waals surface area (Å²) in [5, 5.41) is 0. The predicted octanol–water partition coefficient (Wildman–Crippen LogP) is 17.5. The monoisotopic (exact) mass is 859 g/mol. The lowest BCUT2D eigenvalue weighted by Gasteiger charge is -2.18. The van der Waals surface area contributed by atoms with Crippen LogP contribution >= 0.6 is 0 Å². The van der Waals surface area contributed by atoms with Crippen molar-refractivity contribution in [3.8, 4) is 0 Å². The van der Waals surface area contributed by atoms with Gasteiger partial charge in [0.1, 0.15) is 13.2 Å². The van der Waals surface area contributed by atoms with Gasteiger partial charge in [0.05, 0.1) is 0 Å². The van der Waals surface area contributed by atoms with E-state index in [-0.39, 0.29) is 31.1 Å². The van der Waals surface area contributed by atoms with Gasteiger partial charge in [-0.15, -0.1) is 0 Å². The van der Waals surface area contributed by atoms with Gasteiger partial charge < -0.3 is 14.2 Å². The van der Waals surface area contributed by atoms with E-state index < -0.39 is 6.10 Å². The van der Waals surface area contributed by atoms with E-state index in [1.165, 1.54) is 186 Å². The molecule has 0 spiro atoms. The molecule has 0 aromatic heterocycles. The van der Waals surface area contributed by atoms with Crippen molar-refractivity contribution in [1.29, 1.82) is 0 Å². The highest BCUT2D eigenvalue weighted by atomic mass is 16.6. The van der Waals surface area contributed by atoms with Crippen molar-refractivity contribution in [2.45, 2.75) is 297 Å². The van der Waals surface area contributed by atoms with Crippen molar-refractivity contribution in [2.75, 3.05) is 13.2 Å². The Morgan fingerprint density at radius 1 is 0.328 bits per heavy atom. The molecule has 0 amide bonds. The Hall–Kier alpha value is -2.11. The fourth-order valence-corrected chi connectivity index (χ4v) is 7.89. The Labute approximate surface area is 379 Å². The molecule has 358 valence electrons. The molecule has 61 heavy (non-hydrogen) atoms. The van der Waals surface area contributed by atoms with Crippen LogP contribution < -0.4 is 0 Å². The Morgan fingerprint density at radius 3 is 0.902 bits per heavy atom. The van der Waals surface area contributed by atoms with E-state index in [1.807, 2.05) is 0 Å². The number of hydrogen-bond donors (Lipinski definition) is 0. The highest BCUT2D eigenvalue weighted by Crippen LogP contribution is 2.16. The molecule has 0 bridgehead atoms. The topological polar surface area (TPSA) is 78.9 Å². The number of hydrogen-bond acceptors (Lipinski definition) is 6. The van der Waals surface area contributed by atoms with Crippen LogP contribution in [0.2, 0.25) is 0 Å². The van der Waals surface area contributed by atoms with Gasteiger partial charge in [-0.3, -0.25) is 14.4 Å². The standard InChI is InChI=1S/C55H102O6/c1-4-7-10-13-16-19-21-22-23-24-25-26-27-28-29-30-31-32-34-36-39-42-45-48-54(57)60-51-52(50-59-53(56)47-44-41-38-35-18-15-12-9-6-3)61-55(58)49-46-43-40-37-33-20-17-14-11-8-5-2/h21-22,24-25,52H,4-20,23,26-51H2,1-3H3/b22-21-,25-24-. The molecule has 0 saturated carbocycles. The van der Waals surface area contributed by atoms with Crippen molar-refractivity contribution < 1.29 is 28.6 Å². The maximum absolute atomic E-state index is 12.7. The molecule has 1 unspecified atom stereocenters. The van der Waals surface area contributed by atoms with Gasteiger partial charge in [0, 0.05) is 19.3 Å². The largest absolute Gasteiger partial charge is 0.462 e. The first-order chi connectivity index (χ1) is 30.0. The molecule has 0 aromatic carbocycles. The first-order valence-corrected chi connectivity index (χ1v) is 26.8. The van der Waals surface area contributed by atoms with Crippen LogP contribution in [-0.2, 0) is 28.6 Å². The highest BCUT2D eigenvalue weighted by molar-refractivity contribution is 5.71. The Morgan fingerprint density at radius 2 is 0.590 bits per heavy atom. The van der Waals surface area contributed by atoms with Crippen LogP contribution in [0.25, 0.3) is 0 Å². The number of carbonyl (C=O) groups is 3. The van der Waals surface area contributed by atoms with Crippen molar-refractivity contribution in [3.63, 3.8) is 0 Å². The number of carbonyl (C=O) groups excluding carboxylic acids is 3. The van der Waals surface area contributed by atoms with Crippen molar-refractivity contribution in [1.82, 2.24) is 0 Å². The van der Waals surface area contributed by atoms with Gasteiger partial charge in [-0.1, -0.05) is 244 Å². The van der Waals surface area contributed by atoms with Gasteiger partial charge in [0.15, 0.2) is 6.10 Å². The third-order valence-corrected chi connectivity index (χ3v) is 12.0. The second kappa shape index (κ2) is 50.5. The summed E-state index contributed by atoms with van der Waals surface area (Å²) in [5.41, 5.74) is 0. The normalized spacial score (nSPS) is 12.1. The van der Waals surface area contributed by atoms with E-state index >= 15 is 0 Å². The Balaban J connectivity index is 4.16. The summed E-state index contributed by atoms with van der Waals surface area (Å²) in [6, 6.07) is 0. The lowest BCUT2D eigenvalue weighted by Crippen LogP contribution is -2.30. The van der Waals surface area contributed by atoms with Crippen LogP contribution in [0, 0.1) is 0 Å². The van der Waals surface area contributed by atoms with Gasteiger partial charge in [-0.05, 0) is 51.4 Å². The molecule has 0 aromatic rings. The van der Waals surface area contributed by atoms with Crippen molar-refractivity contribution in [3.05, 3.63) is 24.3 Å². The van der Waals surface area contributed by atoms with Gasteiger partial charge in [0.2, 0.25) is 0 Å². The summed E-state index contributed by atoms with van der Waals surface area (Å²) < 4.78 is 16.8. The minimum absolute atomic E-state index is 0.0671. The fourth-order valence-electron chi connectivity index (χ4n) is 7.89. The van der Waals surface area contributed by atoms with E-state index in [4.69, 9.17) is 14.2 Å². The molecule has 0 rings (SSSR count).